The average Bonchev–Trinajstić information content (AvgIpc) is 2.29. The van der Waals surface area contributed by atoms with E-state index in [9.17, 15) is 14.9 Å². The summed E-state index contributed by atoms with van der Waals surface area (Å²) in [4.78, 5) is 21.0. The number of nitro groups is 1. The van der Waals surface area contributed by atoms with E-state index in [0.717, 1.165) is 5.56 Å². The number of carbonyl (C=O) groups excluding carboxylic acids is 1. The zero-order chi connectivity index (χ0) is 13.5. The first kappa shape index (κ1) is 13.7. The Morgan fingerprint density at radius 3 is 2.83 bits per heavy atom. The van der Waals surface area contributed by atoms with Gasteiger partial charge in [-0.2, -0.15) is 0 Å². The van der Waals surface area contributed by atoms with Crippen molar-refractivity contribution in [3.8, 4) is 11.8 Å². The van der Waals surface area contributed by atoms with E-state index < -0.39 is 4.92 Å². The Bertz CT molecular complexity index is 527. The highest BCUT2D eigenvalue weighted by Crippen LogP contribution is 2.20. The van der Waals surface area contributed by atoms with Gasteiger partial charge in [0.15, 0.2) is 0 Å². The molecule has 0 heterocycles. The average molecular weight is 246 g/mol. The minimum Gasteiger partial charge on any atom is -0.355 e. The van der Waals surface area contributed by atoms with Crippen molar-refractivity contribution in [3.63, 3.8) is 0 Å². The fourth-order valence-electron chi connectivity index (χ4n) is 1.42. The van der Waals surface area contributed by atoms with E-state index >= 15 is 0 Å². The molecule has 0 atom stereocenters. The summed E-state index contributed by atoms with van der Waals surface area (Å²) in [6.07, 6.45) is 0.463. The highest BCUT2D eigenvalue weighted by molar-refractivity contribution is 5.72. The second-order valence-electron chi connectivity index (χ2n) is 3.76. The third kappa shape index (κ3) is 3.91. The number of rotatable bonds is 3. The molecule has 0 aliphatic heterocycles. The van der Waals surface area contributed by atoms with Gasteiger partial charge < -0.3 is 5.32 Å². The number of aryl methyl sites for hydroxylation is 1. The highest BCUT2D eigenvalue weighted by atomic mass is 16.6. The second kappa shape index (κ2) is 6.40. The second-order valence-corrected chi connectivity index (χ2v) is 3.76. The molecule has 1 N–H and O–H groups in total. The number of nitrogens with zero attached hydrogens (tertiary/aromatic N) is 1. The molecular weight excluding hydrogens is 232 g/mol. The van der Waals surface area contributed by atoms with Gasteiger partial charge in [-0.3, -0.25) is 14.9 Å². The van der Waals surface area contributed by atoms with Crippen molar-refractivity contribution in [2.45, 2.75) is 20.3 Å². The quantitative estimate of drug-likeness (QED) is 0.382. The maximum Gasteiger partial charge on any atom is 0.285 e. The van der Waals surface area contributed by atoms with Gasteiger partial charge in [0.2, 0.25) is 5.91 Å². The summed E-state index contributed by atoms with van der Waals surface area (Å²) in [5.74, 6) is 5.51. The molecule has 1 rings (SSSR count). The number of hydrogen-bond donors (Lipinski definition) is 1. The number of hydrogen-bond acceptors (Lipinski definition) is 3. The maximum absolute atomic E-state index is 10.8. The van der Waals surface area contributed by atoms with Crippen LogP contribution < -0.4 is 5.32 Å². The van der Waals surface area contributed by atoms with Crippen LogP contribution in [0.15, 0.2) is 18.2 Å². The van der Waals surface area contributed by atoms with Crippen molar-refractivity contribution in [2.75, 3.05) is 6.54 Å². The van der Waals surface area contributed by atoms with Crippen LogP contribution in [0.2, 0.25) is 0 Å². The summed E-state index contributed by atoms with van der Waals surface area (Å²) in [5.41, 5.74) is 1.23. The fourth-order valence-corrected chi connectivity index (χ4v) is 1.42. The van der Waals surface area contributed by atoms with Gasteiger partial charge >= 0.3 is 0 Å². The largest absolute Gasteiger partial charge is 0.355 e. The number of benzene rings is 1. The Labute approximate surface area is 105 Å². The zero-order valence-electron chi connectivity index (χ0n) is 10.3. The topological polar surface area (TPSA) is 72.2 Å². The van der Waals surface area contributed by atoms with Crippen LogP contribution in [0.5, 0.6) is 0 Å². The van der Waals surface area contributed by atoms with E-state index in [1.165, 1.54) is 13.0 Å². The van der Waals surface area contributed by atoms with Crippen LogP contribution in [0.1, 0.15) is 24.5 Å². The summed E-state index contributed by atoms with van der Waals surface area (Å²) in [6, 6.07) is 4.85. The summed E-state index contributed by atoms with van der Waals surface area (Å²) < 4.78 is 0. The van der Waals surface area contributed by atoms with Crippen molar-refractivity contribution < 1.29 is 9.72 Å². The van der Waals surface area contributed by atoms with Crippen molar-refractivity contribution in [1.82, 2.24) is 5.32 Å². The van der Waals surface area contributed by atoms with Gasteiger partial charge in [-0.25, -0.2) is 0 Å². The molecule has 5 heteroatoms. The van der Waals surface area contributed by atoms with E-state index in [1.807, 2.05) is 0 Å². The molecule has 0 radical (unpaired) electrons. The van der Waals surface area contributed by atoms with Crippen LogP contribution in [0.25, 0.3) is 0 Å². The lowest BCUT2D eigenvalue weighted by molar-refractivity contribution is -0.385. The molecule has 1 aromatic carbocycles. The van der Waals surface area contributed by atoms with Gasteiger partial charge in [0.1, 0.15) is 5.56 Å². The van der Waals surface area contributed by atoms with Crippen molar-refractivity contribution in [3.05, 3.63) is 39.4 Å². The summed E-state index contributed by atoms with van der Waals surface area (Å²) in [7, 11) is 0. The fraction of sp³-hybridized carbons (Fsp3) is 0.308. The predicted molar refractivity (Wildman–Crippen MR) is 68.0 cm³/mol. The van der Waals surface area contributed by atoms with E-state index in [1.54, 1.807) is 19.1 Å². The van der Waals surface area contributed by atoms with Crippen molar-refractivity contribution >= 4 is 11.6 Å². The first-order chi connectivity index (χ1) is 8.52. The lowest BCUT2D eigenvalue weighted by Gasteiger charge is -1.99. The van der Waals surface area contributed by atoms with E-state index in [2.05, 4.69) is 17.2 Å². The van der Waals surface area contributed by atoms with Gasteiger partial charge in [0, 0.05) is 26.0 Å². The van der Waals surface area contributed by atoms with Crippen LogP contribution in [0, 0.1) is 28.9 Å². The van der Waals surface area contributed by atoms with Gasteiger partial charge in [-0.15, -0.1) is 0 Å². The SMILES string of the molecule is CC(=O)NCCC#Cc1c(C)cccc1[N+](=O)[O-]. The summed E-state index contributed by atoms with van der Waals surface area (Å²) in [6.45, 7) is 3.66. The van der Waals surface area contributed by atoms with Crippen molar-refractivity contribution in [1.29, 1.82) is 0 Å². The molecule has 94 valence electrons. The molecule has 5 nitrogen and oxygen atoms in total. The molecule has 1 aromatic rings. The first-order valence-electron chi connectivity index (χ1n) is 5.49. The van der Waals surface area contributed by atoms with Crippen LogP contribution >= 0.6 is 0 Å². The molecule has 18 heavy (non-hydrogen) atoms. The lowest BCUT2D eigenvalue weighted by Crippen LogP contribution is -2.20. The normalized spacial score (nSPS) is 9.22. The Kier molecular flexibility index (Phi) is 4.88. The number of nitrogens with one attached hydrogen (secondary N) is 1. The van der Waals surface area contributed by atoms with Crippen LogP contribution in [-0.4, -0.2) is 17.4 Å². The molecule has 0 unspecified atom stereocenters. The number of amides is 1. The minimum atomic E-state index is -0.440. The smallest absolute Gasteiger partial charge is 0.285 e. The molecule has 0 bridgehead atoms. The van der Waals surface area contributed by atoms with E-state index in [4.69, 9.17) is 0 Å². The molecular formula is C13H14N2O3. The van der Waals surface area contributed by atoms with Gasteiger partial charge in [-0.1, -0.05) is 24.0 Å². The lowest BCUT2D eigenvalue weighted by atomic mass is 10.1. The molecule has 0 aliphatic rings. The third-order valence-corrected chi connectivity index (χ3v) is 2.28. The van der Waals surface area contributed by atoms with Gasteiger partial charge in [0.05, 0.1) is 4.92 Å². The number of nitro benzene ring substituents is 1. The standard InChI is InChI=1S/C13H14N2O3/c1-10-6-5-8-13(15(17)18)12(10)7-3-4-9-14-11(2)16/h5-6,8H,4,9H2,1-2H3,(H,14,16). The maximum atomic E-state index is 10.8. The Morgan fingerprint density at radius 1 is 1.50 bits per heavy atom. The van der Waals surface area contributed by atoms with Crippen LogP contribution in [-0.2, 0) is 4.79 Å². The van der Waals surface area contributed by atoms with Gasteiger partial charge in [0.25, 0.3) is 5.69 Å². The summed E-state index contributed by atoms with van der Waals surface area (Å²) in [5, 5.41) is 13.4. The van der Waals surface area contributed by atoms with Crippen LogP contribution in [0.4, 0.5) is 5.69 Å². The number of carbonyl (C=O) groups is 1. The van der Waals surface area contributed by atoms with Crippen molar-refractivity contribution in [2.24, 2.45) is 0 Å². The van der Waals surface area contributed by atoms with E-state index in [0.29, 0.717) is 18.5 Å². The Balaban J connectivity index is 2.81. The molecule has 0 fully saturated rings. The Morgan fingerprint density at radius 2 is 2.22 bits per heavy atom. The highest BCUT2D eigenvalue weighted by Gasteiger charge is 2.12. The molecule has 0 saturated heterocycles. The van der Waals surface area contributed by atoms with E-state index in [-0.39, 0.29) is 11.6 Å². The molecule has 0 aliphatic carbocycles. The third-order valence-electron chi connectivity index (χ3n) is 2.28. The molecule has 1 amide bonds. The Hall–Kier alpha value is -2.35. The monoisotopic (exact) mass is 246 g/mol. The molecule has 0 aromatic heterocycles. The zero-order valence-corrected chi connectivity index (χ0v) is 10.3. The van der Waals surface area contributed by atoms with Gasteiger partial charge in [-0.05, 0) is 12.5 Å². The van der Waals surface area contributed by atoms with Crippen LogP contribution in [0.3, 0.4) is 0 Å². The molecule has 0 saturated carbocycles. The first-order valence-corrected chi connectivity index (χ1v) is 5.49. The predicted octanol–water partition coefficient (Wildman–Crippen LogP) is 1.78. The molecule has 0 spiro atoms. The summed E-state index contributed by atoms with van der Waals surface area (Å²) >= 11 is 0. The minimum absolute atomic E-state index is 0.0158.